The van der Waals surface area contributed by atoms with Crippen LogP contribution in [0.2, 0.25) is 0 Å². The molecular weight excluding hydrogens is 259 g/mol. The first kappa shape index (κ1) is 14.2. The molecule has 4 nitrogen and oxygen atoms in total. The van der Waals surface area contributed by atoms with Crippen molar-refractivity contribution in [2.45, 2.75) is 33.1 Å². The van der Waals surface area contributed by atoms with Gasteiger partial charge in [0.2, 0.25) is 0 Å². The molecule has 2 aromatic rings. The van der Waals surface area contributed by atoms with Crippen molar-refractivity contribution in [2.75, 3.05) is 0 Å². The minimum atomic E-state index is -1.01. The number of rotatable bonds is 2. The zero-order valence-electron chi connectivity index (χ0n) is 11.9. The summed E-state index contributed by atoms with van der Waals surface area (Å²) in [5, 5.41) is 13.7. The molecule has 0 fully saturated rings. The molecule has 1 heterocycles. The van der Waals surface area contributed by atoms with Gasteiger partial charge in [-0.2, -0.15) is 5.10 Å². The van der Waals surface area contributed by atoms with Crippen molar-refractivity contribution in [3.63, 3.8) is 0 Å². The lowest BCUT2D eigenvalue weighted by Crippen LogP contribution is -2.16. The van der Waals surface area contributed by atoms with Gasteiger partial charge < -0.3 is 5.11 Å². The number of benzene rings is 1. The van der Waals surface area contributed by atoms with Crippen LogP contribution in [0.5, 0.6) is 0 Å². The smallest absolute Gasteiger partial charge is 0.339 e. The Morgan fingerprint density at radius 2 is 2.00 bits per heavy atom. The zero-order chi connectivity index (χ0) is 15.1. The molecule has 0 radical (unpaired) electrons. The normalized spacial score (nSPS) is 11.7. The molecule has 0 bridgehead atoms. The second kappa shape index (κ2) is 4.74. The fourth-order valence-electron chi connectivity index (χ4n) is 2.08. The minimum Gasteiger partial charge on any atom is -0.478 e. The number of carboxylic acid groups (broad SMARTS) is 1. The van der Waals surface area contributed by atoms with Crippen LogP contribution < -0.4 is 0 Å². The number of nitrogens with zero attached hydrogens (tertiary/aromatic N) is 2. The summed E-state index contributed by atoms with van der Waals surface area (Å²) in [4.78, 5) is 11.3. The van der Waals surface area contributed by atoms with Crippen LogP contribution in [-0.4, -0.2) is 20.9 Å². The first-order valence-corrected chi connectivity index (χ1v) is 6.30. The van der Waals surface area contributed by atoms with E-state index in [-0.39, 0.29) is 16.8 Å². The van der Waals surface area contributed by atoms with Crippen LogP contribution in [0.1, 0.15) is 42.4 Å². The third-order valence-electron chi connectivity index (χ3n) is 3.06. The van der Waals surface area contributed by atoms with E-state index in [4.69, 9.17) is 0 Å². The molecular formula is C15H17FN2O2. The Hall–Kier alpha value is -2.17. The fraction of sp³-hybridized carbons (Fsp3) is 0.333. The number of aromatic nitrogens is 2. The van der Waals surface area contributed by atoms with Crippen molar-refractivity contribution >= 4 is 5.97 Å². The first-order chi connectivity index (χ1) is 9.20. The molecule has 0 spiro atoms. The van der Waals surface area contributed by atoms with E-state index in [9.17, 15) is 14.3 Å². The number of aromatic carboxylic acids is 1. The Kier molecular flexibility index (Phi) is 3.38. The van der Waals surface area contributed by atoms with Crippen molar-refractivity contribution in [1.29, 1.82) is 0 Å². The third-order valence-corrected chi connectivity index (χ3v) is 3.06. The quantitative estimate of drug-likeness (QED) is 0.915. The summed E-state index contributed by atoms with van der Waals surface area (Å²) in [7, 11) is 0. The van der Waals surface area contributed by atoms with Gasteiger partial charge in [0.15, 0.2) is 0 Å². The Balaban J connectivity index is 2.62. The van der Waals surface area contributed by atoms with Crippen LogP contribution in [0.25, 0.3) is 5.69 Å². The Morgan fingerprint density at radius 3 is 2.45 bits per heavy atom. The number of aryl methyl sites for hydroxylation is 1. The van der Waals surface area contributed by atoms with E-state index in [1.54, 1.807) is 13.0 Å². The van der Waals surface area contributed by atoms with Gasteiger partial charge in [0.25, 0.3) is 0 Å². The van der Waals surface area contributed by atoms with Gasteiger partial charge in [-0.3, -0.25) is 0 Å². The molecule has 2 rings (SSSR count). The average molecular weight is 276 g/mol. The largest absolute Gasteiger partial charge is 0.478 e. The van der Waals surface area contributed by atoms with Gasteiger partial charge in [0, 0.05) is 11.6 Å². The van der Waals surface area contributed by atoms with E-state index in [1.807, 2.05) is 20.8 Å². The van der Waals surface area contributed by atoms with Crippen LogP contribution in [0.15, 0.2) is 24.4 Å². The Bertz CT molecular complexity index is 669. The Labute approximate surface area is 116 Å². The second-order valence-electron chi connectivity index (χ2n) is 5.82. The van der Waals surface area contributed by atoms with Crippen LogP contribution in [0.4, 0.5) is 4.39 Å². The molecule has 106 valence electrons. The lowest BCUT2D eigenvalue weighted by molar-refractivity contribution is 0.0694. The van der Waals surface area contributed by atoms with Gasteiger partial charge >= 0.3 is 5.97 Å². The molecule has 0 atom stereocenters. The van der Waals surface area contributed by atoms with E-state index < -0.39 is 5.97 Å². The monoisotopic (exact) mass is 276 g/mol. The summed E-state index contributed by atoms with van der Waals surface area (Å²) in [5.41, 5.74) is 1.66. The molecule has 1 aromatic heterocycles. The molecule has 0 saturated heterocycles. The SMILES string of the molecule is Cc1cc(F)ccc1-n1cc(C(=O)O)c(C(C)(C)C)n1. The minimum absolute atomic E-state index is 0.168. The maximum Gasteiger partial charge on any atom is 0.339 e. The summed E-state index contributed by atoms with van der Waals surface area (Å²) in [6.45, 7) is 7.48. The molecule has 0 amide bonds. The first-order valence-electron chi connectivity index (χ1n) is 6.30. The number of hydrogen-bond acceptors (Lipinski definition) is 2. The summed E-state index contributed by atoms with van der Waals surface area (Å²) < 4.78 is 14.6. The van der Waals surface area contributed by atoms with Gasteiger partial charge in [-0.05, 0) is 30.7 Å². The standard InChI is InChI=1S/C15H17FN2O2/c1-9-7-10(16)5-6-12(9)18-8-11(14(19)20)13(17-18)15(2,3)4/h5-8H,1-4H3,(H,19,20). The van der Waals surface area contributed by atoms with Gasteiger partial charge in [-0.15, -0.1) is 0 Å². The highest BCUT2D eigenvalue weighted by Gasteiger charge is 2.26. The molecule has 1 aromatic carbocycles. The lowest BCUT2D eigenvalue weighted by atomic mass is 9.90. The lowest BCUT2D eigenvalue weighted by Gasteiger charge is -2.16. The average Bonchev–Trinajstić information content (AvgIpc) is 2.73. The molecule has 0 unspecified atom stereocenters. The van der Waals surface area contributed by atoms with Crippen LogP contribution in [0, 0.1) is 12.7 Å². The van der Waals surface area contributed by atoms with Gasteiger partial charge in [0.1, 0.15) is 11.4 Å². The van der Waals surface area contributed by atoms with Crippen molar-refractivity contribution in [3.8, 4) is 5.69 Å². The zero-order valence-corrected chi connectivity index (χ0v) is 11.9. The van der Waals surface area contributed by atoms with E-state index in [0.717, 1.165) is 0 Å². The van der Waals surface area contributed by atoms with Crippen LogP contribution in [-0.2, 0) is 5.41 Å². The fourth-order valence-corrected chi connectivity index (χ4v) is 2.08. The summed E-state index contributed by atoms with van der Waals surface area (Å²) in [5.74, 6) is -1.34. The van der Waals surface area contributed by atoms with Gasteiger partial charge in [0.05, 0.1) is 11.4 Å². The van der Waals surface area contributed by atoms with Gasteiger partial charge in [-0.25, -0.2) is 13.9 Å². The van der Waals surface area contributed by atoms with E-state index in [2.05, 4.69) is 5.10 Å². The number of carboxylic acids is 1. The molecule has 0 aliphatic carbocycles. The summed E-state index contributed by atoms with van der Waals surface area (Å²) in [6.07, 6.45) is 1.48. The number of halogens is 1. The molecule has 0 aliphatic heterocycles. The van der Waals surface area contributed by atoms with Crippen molar-refractivity contribution < 1.29 is 14.3 Å². The second-order valence-corrected chi connectivity index (χ2v) is 5.82. The third kappa shape index (κ3) is 2.57. The van der Waals surface area contributed by atoms with Crippen LogP contribution >= 0.6 is 0 Å². The summed E-state index contributed by atoms with van der Waals surface area (Å²) >= 11 is 0. The topological polar surface area (TPSA) is 55.1 Å². The highest BCUT2D eigenvalue weighted by molar-refractivity contribution is 5.89. The van der Waals surface area contributed by atoms with Crippen LogP contribution in [0.3, 0.4) is 0 Å². The van der Waals surface area contributed by atoms with Crippen molar-refractivity contribution in [2.24, 2.45) is 0 Å². The molecule has 0 aliphatic rings. The van der Waals surface area contributed by atoms with Crippen molar-refractivity contribution in [1.82, 2.24) is 9.78 Å². The summed E-state index contributed by atoms with van der Waals surface area (Å²) in [6, 6.07) is 4.32. The number of hydrogen-bond donors (Lipinski definition) is 1. The van der Waals surface area contributed by atoms with Crippen molar-refractivity contribution in [3.05, 3.63) is 47.0 Å². The predicted octanol–water partition coefficient (Wildman–Crippen LogP) is 3.32. The molecule has 0 saturated carbocycles. The predicted molar refractivity (Wildman–Crippen MR) is 73.9 cm³/mol. The Morgan fingerprint density at radius 1 is 1.35 bits per heavy atom. The number of carbonyl (C=O) groups is 1. The maximum atomic E-state index is 13.1. The van der Waals surface area contributed by atoms with Gasteiger partial charge in [-0.1, -0.05) is 20.8 Å². The molecule has 1 N–H and O–H groups in total. The van der Waals surface area contributed by atoms with E-state index in [0.29, 0.717) is 16.9 Å². The van der Waals surface area contributed by atoms with E-state index >= 15 is 0 Å². The highest BCUT2D eigenvalue weighted by Crippen LogP contribution is 2.26. The highest BCUT2D eigenvalue weighted by atomic mass is 19.1. The molecule has 5 heteroatoms. The molecule has 20 heavy (non-hydrogen) atoms. The van der Waals surface area contributed by atoms with E-state index in [1.165, 1.54) is 23.0 Å². The maximum absolute atomic E-state index is 13.1.